The van der Waals surface area contributed by atoms with Crippen LogP contribution in [0.4, 0.5) is 0 Å². The maximum Gasteiger partial charge on any atom is 0.264 e. The predicted molar refractivity (Wildman–Crippen MR) is 135 cm³/mol. The van der Waals surface area contributed by atoms with Crippen LogP contribution in [0.2, 0.25) is 0 Å². The molecule has 1 atom stereocenters. The largest absolute Gasteiger partial charge is 0.379 e. The molecule has 0 aromatic rings. The van der Waals surface area contributed by atoms with Crippen molar-refractivity contribution < 1.29 is 41.0 Å². The Morgan fingerprint density at radius 2 is 1.06 bits per heavy atom. The standard InChI is InChI=1S/C25H50O9S/c1-35(26,27)34-24-23-31-22-21-30-20-19-29-18-17-28-14-10-7-5-3-2-4-6-8-11-15-32-25-13-9-12-16-33-25/h25H,2-24H2,1H3. The van der Waals surface area contributed by atoms with Gasteiger partial charge in [0.2, 0.25) is 0 Å². The molecule has 0 aromatic heterocycles. The summed E-state index contributed by atoms with van der Waals surface area (Å²) in [5, 5.41) is 0. The highest BCUT2D eigenvalue weighted by Crippen LogP contribution is 2.15. The molecule has 1 rings (SSSR count). The van der Waals surface area contributed by atoms with Gasteiger partial charge in [-0.15, -0.1) is 0 Å². The van der Waals surface area contributed by atoms with Gasteiger partial charge in [-0.3, -0.25) is 4.18 Å². The molecule has 0 spiro atoms. The fraction of sp³-hybridized carbons (Fsp3) is 1.00. The summed E-state index contributed by atoms with van der Waals surface area (Å²) < 4.78 is 59.1. The summed E-state index contributed by atoms with van der Waals surface area (Å²) >= 11 is 0. The highest BCUT2D eigenvalue weighted by atomic mass is 32.2. The monoisotopic (exact) mass is 526 g/mol. The molecule has 10 heteroatoms. The molecule has 1 heterocycles. The molecule has 1 aliphatic heterocycles. The summed E-state index contributed by atoms with van der Waals surface area (Å²) in [5.41, 5.74) is 0. The lowest BCUT2D eigenvalue weighted by atomic mass is 10.1. The molecular weight excluding hydrogens is 476 g/mol. The van der Waals surface area contributed by atoms with Gasteiger partial charge in [0.05, 0.1) is 59.1 Å². The lowest BCUT2D eigenvalue weighted by molar-refractivity contribution is -0.162. The molecule has 0 saturated carbocycles. The highest BCUT2D eigenvalue weighted by Gasteiger charge is 2.13. The van der Waals surface area contributed by atoms with Crippen molar-refractivity contribution in [2.75, 3.05) is 78.9 Å². The van der Waals surface area contributed by atoms with Crippen LogP contribution in [0.3, 0.4) is 0 Å². The summed E-state index contributed by atoms with van der Waals surface area (Å²) in [4.78, 5) is 0. The summed E-state index contributed by atoms with van der Waals surface area (Å²) in [6.45, 7) is 5.75. The average molecular weight is 527 g/mol. The van der Waals surface area contributed by atoms with Crippen LogP contribution in [-0.2, 0) is 42.7 Å². The van der Waals surface area contributed by atoms with Crippen molar-refractivity contribution >= 4 is 10.1 Å². The Balaban J connectivity index is 1.64. The predicted octanol–water partition coefficient (Wildman–Crippen LogP) is 4.08. The topological polar surface area (TPSA) is 98.8 Å². The van der Waals surface area contributed by atoms with E-state index >= 15 is 0 Å². The maximum absolute atomic E-state index is 10.8. The van der Waals surface area contributed by atoms with Gasteiger partial charge in [-0.1, -0.05) is 44.9 Å². The lowest BCUT2D eigenvalue weighted by Crippen LogP contribution is -2.22. The zero-order chi connectivity index (χ0) is 25.3. The Hall–Kier alpha value is -0.330. The van der Waals surface area contributed by atoms with Crippen LogP contribution in [0, 0.1) is 0 Å². The molecule has 1 saturated heterocycles. The maximum atomic E-state index is 10.8. The molecule has 0 bridgehead atoms. The third-order valence-electron chi connectivity index (χ3n) is 5.52. The van der Waals surface area contributed by atoms with E-state index in [0.29, 0.717) is 39.6 Å². The van der Waals surface area contributed by atoms with E-state index in [2.05, 4.69) is 4.18 Å². The van der Waals surface area contributed by atoms with Gasteiger partial charge in [0.15, 0.2) is 6.29 Å². The van der Waals surface area contributed by atoms with Gasteiger partial charge in [-0.05, 0) is 32.1 Å². The van der Waals surface area contributed by atoms with Crippen molar-refractivity contribution in [3.63, 3.8) is 0 Å². The summed E-state index contributed by atoms with van der Waals surface area (Å²) in [5.74, 6) is 0. The Labute approximate surface area is 213 Å². The first kappa shape index (κ1) is 32.7. The van der Waals surface area contributed by atoms with Crippen LogP contribution in [0.25, 0.3) is 0 Å². The van der Waals surface area contributed by atoms with Crippen LogP contribution < -0.4 is 0 Å². The van der Waals surface area contributed by atoms with Gasteiger partial charge in [-0.25, -0.2) is 0 Å². The minimum absolute atomic E-state index is 0.0235. The number of hydrogen-bond acceptors (Lipinski definition) is 9. The molecular formula is C25H50O9S. The van der Waals surface area contributed by atoms with Crippen molar-refractivity contribution in [2.24, 2.45) is 0 Å². The van der Waals surface area contributed by atoms with Crippen molar-refractivity contribution in [1.82, 2.24) is 0 Å². The number of unbranched alkanes of at least 4 members (excludes halogenated alkanes) is 8. The van der Waals surface area contributed by atoms with Crippen molar-refractivity contribution in [1.29, 1.82) is 0 Å². The minimum atomic E-state index is -3.40. The minimum Gasteiger partial charge on any atom is -0.379 e. The molecule has 35 heavy (non-hydrogen) atoms. The smallest absolute Gasteiger partial charge is 0.264 e. The quantitative estimate of drug-likeness (QED) is 0.122. The Kier molecular flexibility index (Phi) is 22.5. The van der Waals surface area contributed by atoms with E-state index in [1.54, 1.807) is 0 Å². The van der Waals surface area contributed by atoms with Gasteiger partial charge in [0, 0.05) is 19.8 Å². The van der Waals surface area contributed by atoms with Crippen molar-refractivity contribution in [3.8, 4) is 0 Å². The second-order valence-electron chi connectivity index (χ2n) is 8.82. The van der Waals surface area contributed by atoms with Crippen molar-refractivity contribution in [2.45, 2.75) is 83.3 Å². The summed E-state index contributed by atoms with van der Waals surface area (Å²) in [6.07, 6.45) is 15.8. The molecule has 0 aromatic carbocycles. The number of hydrogen-bond donors (Lipinski definition) is 0. The lowest BCUT2D eigenvalue weighted by Gasteiger charge is -2.22. The fourth-order valence-electron chi connectivity index (χ4n) is 3.61. The molecule has 1 aliphatic rings. The summed E-state index contributed by atoms with van der Waals surface area (Å²) in [7, 11) is -3.40. The second-order valence-corrected chi connectivity index (χ2v) is 10.5. The first-order valence-electron chi connectivity index (χ1n) is 13.5. The van der Waals surface area contributed by atoms with E-state index in [1.807, 2.05) is 0 Å². The third kappa shape index (κ3) is 25.1. The molecule has 1 unspecified atom stereocenters. The molecule has 9 nitrogen and oxygen atoms in total. The molecule has 0 radical (unpaired) electrons. The zero-order valence-electron chi connectivity index (χ0n) is 21.9. The van der Waals surface area contributed by atoms with Crippen molar-refractivity contribution in [3.05, 3.63) is 0 Å². The van der Waals surface area contributed by atoms with E-state index in [4.69, 9.17) is 28.4 Å². The van der Waals surface area contributed by atoms with Gasteiger partial charge >= 0.3 is 0 Å². The molecule has 0 aliphatic carbocycles. The van der Waals surface area contributed by atoms with Gasteiger partial charge < -0.3 is 28.4 Å². The van der Waals surface area contributed by atoms with E-state index in [0.717, 1.165) is 45.3 Å². The number of rotatable bonds is 26. The Morgan fingerprint density at radius 1 is 0.600 bits per heavy atom. The van der Waals surface area contributed by atoms with E-state index in [1.165, 1.54) is 57.8 Å². The SMILES string of the molecule is CS(=O)(=O)OCCOCCOCCOCCOCCCCCCCCCCCOC1CCCCO1. The third-order valence-corrected chi connectivity index (χ3v) is 6.11. The van der Waals surface area contributed by atoms with Gasteiger partial charge in [0.1, 0.15) is 0 Å². The van der Waals surface area contributed by atoms with Crippen LogP contribution in [0.5, 0.6) is 0 Å². The van der Waals surface area contributed by atoms with E-state index < -0.39 is 10.1 Å². The summed E-state index contributed by atoms with van der Waals surface area (Å²) in [6, 6.07) is 0. The van der Waals surface area contributed by atoms with E-state index in [9.17, 15) is 8.42 Å². The van der Waals surface area contributed by atoms with Crippen LogP contribution in [0.1, 0.15) is 77.0 Å². The second kappa shape index (κ2) is 24.0. The first-order chi connectivity index (χ1) is 17.1. The van der Waals surface area contributed by atoms with Crippen LogP contribution in [0.15, 0.2) is 0 Å². The number of ether oxygens (including phenoxy) is 6. The van der Waals surface area contributed by atoms with Gasteiger partial charge in [-0.2, -0.15) is 8.42 Å². The molecule has 0 amide bonds. The Morgan fingerprint density at radius 3 is 1.54 bits per heavy atom. The van der Waals surface area contributed by atoms with E-state index in [-0.39, 0.29) is 19.5 Å². The fourth-order valence-corrected chi connectivity index (χ4v) is 3.98. The van der Waals surface area contributed by atoms with Crippen LogP contribution >= 0.6 is 0 Å². The molecule has 1 fully saturated rings. The Bertz CT molecular complexity index is 539. The molecule has 0 N–H and O–H groups in total. The average Bonchev–Trinajstić information content (AvgIpc) is 2.84. The normalized spacial score (nSPS) is 16.7. The molecule has 210 valence electrons. The van der Waals surface area contributed by atoms with Crippen LogP contribution in [-0.4, -0.2) is 93.6 Å². The zero-order valence-corrected chi connectivity index (χ0v) is 22.7. The highest BCUT2D eigenvalue weighted by molar-refractivity contribution is 7.85. The first-order valence-corrected chi connectivity index (χ1v) is 15.3. The van der Waals surface area contributed by atoms with Gasteiger partial charge in [0.25, 0.3) is 10.1 Å².